The van der Waals surface area contributed by atoms with Crippen molar-refractivity contribution in [3.63, 3.8) is 0 Å². The molecule has 2 aromatic heterocycles. The van der Waals surface area contributed by atoms with Crippen molar-refractivity contribution in [2.75, 3.05) is 0 Å². The van der Waals surface area contributed by atoms with Gasteiger partial charge in [-0.25, -0.2) is 0 Å². The van der Waals surface area contributed by atoms with Crippen LogP contribution in [0.4, 0.5) is 0 Å². The number of aromatic nitrogens is 1. The lowest BCUT2D eigenvalue weighted by Gasteiger charge is -2.44. The molecule has 3 heteroatoms. The third kappa shape index (κ3) is 4.59. The van der Waals surface area contributed by atoms with E-state index in [1.807, 2.05) is 30.3 Å². The zero-order valence-electron chi connectivity index (χ0n) is 32.4. The number of benzene rings is 9. The van der Waals surface area contributed by atoms with Crippen LogP contribution in [0.15, 0.2) is 199 Å². The minimum absolute atomic E-state index is 0.105. The van der Waals surface area contributed by atoms with Gasteiger partial charge in [-0.3, -0.25) is 0 Å². The minimum Gasteiger partial charge on any atom is -0.454 e. The zero-order valence-corrected chi connectivity index (χ0v) is 32.4. The van der Waals surface area contributed by atoms with Crippen LogP contribution >= 0.6 is 0 Å². The molecule has 0 atom stereocenters. The molecule has 2 bridgehead atoms. The maximum absolute atomic E-state index is 9.35. The number of nitrogens with zero attached hydrogens (tertiary/aromatic N) is 2. The fourth-order valence-corrected chi connectivity index (χ4v) is 10.7. The molecule has 9 aromatic carbocycles. The molecule has 3 nitrogen and oxygen atoms in total. The molecule has 0 unspecified atom stereocenters. The molecule has 3 aliphatic rings. The van der Waals surface area contributed by atoms with E-state index in [4.69, 9.17) is 4.42 Å². The lowest BCUT2D eigenvalue weighted by Crippen LogP contribution is -2.28. The van der Waals surface area contributed by atoms with E-state index >= 15 is 0 Å². The second kappa shape index (κ2) is 12.5. The Labute approximate surface area is 346 Å². The van der Waals surface area contributed by atoms with Gasteiger partial charge in [-0.15, -0.1) is 0 Å². The second-order valence-corrected chi connectivity index (χ2v) is 16.2. The first-order valence-electron chi connectivity index (χ1n) is 20.6. The average Bonchev–Trinajstić information content (AvgIpc) is 3.87. The summed E-state index contributed by atoms with van der Waals surface area (Å²) in [7, 11) is 0. The molecule has 0 radical (unpaired) electrons. The summed E-state index contributed by atoms with van der Waals surface area (Å²) in [5, 5.41) is 14.0. The molecule has 0 saturated heterocycles. The number of rotatable bonds is 4. The van der Waals surface area contributed by atoms with Crippen LogP contribution in [0.25, 0.3) is 82.8 Å². The highest BCUT2D eigenvalue weighted by Gasteiger charge is 2.43. The van der Waals surface area contributed by atoms with Gasteiger partial charge in [0.1, 0.15) is 5.58 Å². The van der Waals surface area contributed by atoms with Crippen molar-refractivity contribution in [2.24, 2.45) is 0 Å². The molecule has 14 rings (SSSR count). The van der Waals surface area contributed by atoms with Gasteiger partial charge in [0.2, 0.25) is 0 Å². The van der Waals surface area contributed by atoms with E-state index in [-0.39, 0.29) is 11.8 Å². The third-order valence-electron chi connectivity index (χ3n) is 13.3. The first-order chi connectivity index (χ1) is 29.7. The Kier molecular flexibility index (Phi) is 6.91. The van der Waals surface area contributed by atoms with Crippen LogP contribution in [0.1, 0.15) is 50.8 Å². The molecular weight excluding hydrogens is 729 g/mol. The fourth-order valence-electron chi connectivity index (χ4n) is 10.7. The van der Waals surface area contributed by atoms with E-state index in [9.17, 15) is 5.26 Å². The molecule has 11 aromatic rings. The fraction of sp³-hybridized carbons (Fsp3) is 0.0351. The predicted octanol–water partition coefficient (Wildman–Crippen LogP) is 14.5. The molecule has 0 spiro atoms. The average molecular weight is 763 g/mol. The standard InChI is InChI=1S/C57H34N2O/c58-33-34-20-22-35(23-21-34)36-24-26-37(27-25-36)39-29-30-40(56-54-45-14-3-1-12-43(45)53(55(39)56)44-13-2-4-15-46(44)54)38-28-31-50-48(32-38)41-10-5-7-17-49(41)59(50)51-18-9-16-47-42-11-6-8-19-52(42)60-57(47)51/h1-32,53-54H. The lowest BCUT2D eigenvalue weighted by atomic mass is 9.58. The normalized spacial score (nSPS) is 15.0. The summed E-state index contributed by atoms with van der Waals surface area (Å²) in [6, 6.07) is 72.7. The van der Waals surface area contributed by atoms with Gasteiger partial charge >= 0.3 is 0 Å². The maximum Gasteiger partial charge on any atom is 0.159 e. The molecule has 60 heavy (non-hydrogen) atoms. The quantitative estimate of drug-likeness (QED) is 0.179. The van der Waals surface area contributed by atoms with Crippen LogP contribution in [0.2, 0.25) is 0 Å². The summed E-state index contributed by atoms with van der Waals surface area (Å²) in [6.07, 6.45) is 0. The van der Waals surface area contributed by atoms with Crippen LogP contribution < -0.4 is 0 Å². The van der Waals surface area contributed by atoms with Gasteiger partial charge in [-0.1, -0.05) is 152 Å². The van der Waals surface area contributed by atoms with E-state index in [1.54, 1.807) is 0 Å². The highest BCUT2D eigenvalue weighted by atomic mass is 16.3. The van der Waals surface area contributed by atoms with Crippen LogP contribution in [0.5, 0.6) is 0 Å². The van der Waals surface area contributed by atoms with E-state index in [0.29, 0.717) is 5.56 Å². The van der Waals surface area contributed by atoms with Crippen molar-refractivity contribution in [2.45, 2.75) is 11.8 Å². The Hall–Kier alpha value is -7.93. The second-order valence-electron chi connectivity index (χ2n) is 16.2. The first kappa shape index (κ1) is 33.1. The smallest absolute Gasteiger partial charge is 0.159 e. The number of hydrogen-bond donors (Lipinski definition) is 0. The van der Waals surface area contributed by atoms with Gasteiger partial charge in [0, 0.05) is 33.4 Å². The van der Waals surface area contributed by atoms with Crippen molar-refractivity contribution in [1.29, 1.82) is 5.26 Å². The van der Waals surface area contributed by atoms with Crippen LogP contribution in [0.3, 0.4) is 0 Å². The summed E-state index contributed by atoms with van der Waals surface area (Å²) >= 11 is 0. The van der Waals surface area contributed by atoms with E-state index in [0.717, 1.165) is 49.8 Å². The number of hydrogen-bond acceptors (Lipinski definition) is 2. The van der Waals surface area contributed by atoms with Gasteiger partial charge in [0.15, 0.2) is 5.58 Å². The summed E-state index contributed by atoms with van der Waals surface area (Å²) in [5.74, 6) is 0.216. The molecule has 2 heterocycles. The van der Waals surface area contributed by atoms with Crippen molar-refractivity contribution < 1.29 is 4.42 Å². The van der Waals surface area contributed by atoms with Gasteiger partial charge in [-0.2, -0.15) is 5.26 Å². The number of furan rings is 1. The number of fused-ring (bicyclic) bond motifs is 6. The summed E-state index contributed by atoms with van der Waals surface area (Å²) in [5.41, 5.74) is 21.4. The summed E-state index contributed by atoms with van der Waals surface area (Å²) in [4.78, 5) is 0. The molecule has 0 aliphatic heterocycles. The maximum atomic E-state index is 9.35. The van der Waals surface area contributed by atoms with Crippen molar-refractivity contribution in [3.8, 4) is 45.1 Å². The van der Waals surface area contributed by atoms with E-state index < -0.39 is 0 Å². The molecule has 0 N–H and O–H groups in total. The van der Waals surface area contributed by atoms with Crippen molar-refractivity contribution >= 4 is 43.7 Å². The molecule has 3 aliphatic carbocycles. The largest absolute Gasteiger partial charge is 0.454 e. The minimum atomic E-state index is 0.105. The summed E-state index contributed by atoms with van der Waals surface area (Å²) in [6.45, 7) is 0. The Morgan fingerprint density at radius 2 is 0.933 bits per heavy atom. The van der Waals surface area contributed by atoms with E-state index in [1.165, 1.54) is 66.4 Å². The van der Waals surface area contributed by atoms with Crippen LogP contribution in [0, 0.1) is 11.3 Å². The van der Waals surface area contributed by atoms with Crippen LogP contribution in [-0.4, -0.2) is 4.57 Å². The molecule has 278 valence electrons. The van der Waals surface area contributed by atoms with Crippen LogP contribution in [-0.2, 0) is 0 Å². The zero-order chi connectivity index (χ0) is 39.5. The van der Waals surface area contributed by atoms with Crippen molar-refractivity contribution in [3.05, 3.63) is 233 Å². The van der Waals surface area contributed by atoms with Gasteiger partial charge < -0.3 is 8.98 Å². The van der Waals surface area contributed by atoms with E-state index in [2.05, 4.69) is 174 Å². The SMILES string of the molecule is N#Cc1ccc(-c2ccc(-c3ccc(-c4ccc5c(c4)c4ccccc4n5-c4cccc5c4oc4ccccc45)c4c3C3c5ccccc5C4c4ccccc43)cc2)cc1. The van der Waals surface area contributed by atoms with Crippen molar-refractivity contribution in [1.82, 2.24) is 4.57 Å². The number of nitriles is 1. The molecule has 0 amide bonds. The molecule has 0 fully saturated rings. The Balaban J connectivity index is 1.03. The highest BCUT2D eigenvalue weighted by molar-refractivity contribution is 6.13. The topological polar surface area (TPSA) is 41.9 Å². The molecule has 0 saturated carbocycles. The molecular formula is C57H34N2O. The Bertz CT molecular complexity index is 3570. The predicted molar refractivity (Wildman–Crippen MR) is 244 cm³/mol. The number of para-hydroxylation sites is 3. The van der Waals surface area contributed by atoms with Gasteiger partial charge in [0.25, 0.3) is 0 Å². The first-order valence-corrected chi connectivity index (χ1v) is 20.6. The monoisotopic (exact) mass is 762 g/mol. The Morgan fingerprint density at radius 3 is 1.60 bits per heavy atom. The highest BCUT2D eigenvalue weighted by Crippen LogP contribution is 2.60. The lowest BCUT2D eigenvalue weighted by molar-refractivity contribution is 0.666. The van der Waals surface area contributed by atoms with Gasteiger partial charge in [0.05, 0.1) is 28.4 Å². The van der Waals surface area contributed by atoms with Gasteiger partial charge in [-0.05, 0) is 109 Å². The summed E-state index contributed by atoms with van der Waals surface area (Å²) < 4.78 is 8.98. The Morgan fingerprint density at radius 1 is 0.417 bits per heavy atom. The third-order valence-corrected chi connectivity index (χ3v) is 13.3.